The van der Waals surface area contributed by atoms with E-state index in [-0.39, 0.29) is 0 Å². The fourth-order valence-electron chi connectivity index (χ4n) is 1.88. The number of aliphatic imine (C=N–C) groups is 1. The summed E-state index contributed by atoms with van der Waals surface area (Å²) in [5, 5.41) is 4.45. The van der Waals surface area contributed by atoms with Gasteiger partial charge < -0.3 is 15.0 Å². The number of rotatable bonds is 7. The molecule has 0 radical (unpaired) electrons. The molecular weight excluding hydrogens is 272 g/mol. The van der Waals surface area contributed by atoms with Gasteiger partial charge in [0.2, 0.25) is 0 Å². The van der Waals surface area contributed by atoms with Crippen molar-refractivity contribution in [2.45, 2.75) is 26.3 Å². The van der Waals surface area contributed by atoms with Crippen molar-refractivity contribution in [1.29, 1.82) is 0 Å². The van der Waals surface area contributed by atoms with E-state index < -0.39 is 0 Å². The zero-order valence-electron chi connectivity index (χ0n) is 12.6. The number of nitrogens with zero attached hydrogens (tertiary/aromatic N) is 3. The van der Waals surface area contributed by atoms with E-state index in [2.05, 4.69) is 20.2 Å². The third-order valence-electron chi connectivity index (χ3n) is 3.28. The molecule has 0 bridgehead atoms. The fourth-order valence-corrected chi connectivity index (χ4v) is 2.61. The second kappa shape index (κ2) is 7.59. The Hall–Kier alpha value is -1.14. The Kier molecular flexibility index (Phi) is 5.79. The van der Waals surface area contributed by atoms with Crippen molar-refractivity contribution >= 4 is 17.3 Å². The first kappa shape index (κ1) is 15.3. The molecule has 1 aliphatic carbocycles. The number of guanidine groups is 1. The van der Waals surface area contributed by atoms with Gasteiger partial charge in [-0.1, -0.05) is 0 Å². The topological polar surface area (TPSA) is 49.8 Å². The van der Waals surface area contributed by atoms with Gasteiger partial charge in [-0.15, -0.1) is 11.3 Å². The van der Waals surface area contributed by atoms with Crippen LogP contribution in [0.25, 0.3) is 0 Å². The number of nitrogens with one attached hydrogen (secondary N) is 1. The van der Waals surface area contributed by atoms with Crippen LogP contribution in [0.15, 0.2) is 11.2 Å². The lowest BCUT2D eigenvalue weighted by Crippen LogP contribution is -2.40. The third kappa shape index (κ3) is 5.09. The molecular formula is C14H24N4OS. The summed E-state index contributed by atoms with van der Waals surface area (Å²) < 4.78 is 5.66. The van der Waals surface area contributed by atoms with Crippen LogP contribution in [-0.2, 0) is 11.3 Å². The molecule has 5 nitrogen and oxygen atoms in total. The van der Waals surface area contributed by atoms with Gasteiger partial charge in [0, 0.05) is 38.3 Å². The fraction of sp³-hybridized carbons (Fsp3) is 0.714. The molecule has 0 atom stereocenters. The number of hydrogen-bond acceptors (Lipinski definition) is 4. The molecule has 1 aromatic heterocycles. The number of thiazole rings is 1. The van der Waals surface area contributed by atoms with E-state index in [0.29, 0.717) is 0 Å². The van der Waals surface area contributed by atoms with E-state index in [9.17, 15) is 0 Å². The maximum Gasteiger partial charge on any atom is 0.193 e. The summed E-state index contributed by atoms with van der Waals surface area (Å²) in [5.74, 6) is 1.72. The highest BCUT2D eigenvalue weighted by Gasteiger charge is 2.21. The van der Waals surface area contributed by atoms with Crippen LogP contribution in [0.2, 0.25) is 0 Å². The van der Waals surface area contributed by atoms with Crippen LogP contribution >= 0.6 is 11.3 Å². The quantitative estimate of drug-likeness (QED) is 0.474. The molecule has 0 unspecified atom stereocenters. The van der Waals surface area contributed by atoms with Gasteiger partial charge in [-0.25, -0.2) is 4.98 Å². The van der Waals surface area contributed by atoms with Crippen LogP contribution in [0.4, 0.5) is 0 Å². The smallest absolute Gasteiger partial charge is 0.193 e. The molecule has 1 aromatic rings. The summed E-state index contributed by atoms with van der Waals surface area (Å²) in [6.45, 7) is 5.32. The molecule has 0 aliphatic heterocycles. The zero-order chi connectivity index (χ0) is 14.4. The first-order chi connectivity index (χ1) is 9.69. The standard InChI is InChI=1S/C14H24N4OS/c1-11-16-8-13(20-11)9-17-14(15-2)18(3)6-7-19-10-12-4-5-12/h8,12H,4-7,9-10H2,1-3H3,(H,15,17). The van der Waals surface area contributed by atoms with Crippen LogP contribution in [0, 0.1) is 12.8 Å². The SMILES string of the molecule is CN=C(NCc1cnc(C)s1)N(C)CCOCC1CC1. The summed E-state index contributed by atoms with van der Waals surface area (Å²) >= 11 is 1.71. The van der Waals surface area contributed by atoms with E-state index in [4.69, 9.17) is 4.74 Å². The van der Waals surface area contributed by atoms with Gasteiger partial charge in [0.05, 0.1) is 18.2 Å². The summed E-state index contributed by atoms with van der Waals surface area (Å²) in [4.78, 5) is 11.9. The molecule has 2 rings (SSSR count). The zero-order valence-corrected chi connectivity index (χ0v) is 13.4. The second-order valence-corrected chi connectivity index (χ2v) is 6.51. The van der Waals surface area contributed by atoms with Gasteiger partial charge in [-0.05, 0) is 25.7 Å². The molecule has 1 fully saturated rings. The Morgan fingerprint density at radius 3 is 3.00 bits per heavy atom. The van der Waals surface area contributed by atoms with Gasteiger partial charge >= 0.3 is 0 Å². The van der Waals surface area contributed by atoms with E-state index >= 15 is 0 Å². The van der Waals surface area contributed by atoms with Crippen LogP contribution in [0.1, 0.15) is 22.7 Å². The Morgan fingerprint density at radius 2 is 2.40 bits per heavy atom. The Morgan fingerprint density at radius 1 is 1.60 bits per heavy atom. The highest BCUT2D eigenvalue weighted by atomic mass is 32.1. The lowest BCUT2D eigenvalue weighted by molar-refractivity contribution is 0.115. The molecule has 1 saturated carbocycles. The maximum atomic E-state index is 5.66. The number of likely N-dealkylation sites (N-methyl/N-ethyl adjacent to an activating group) is 1. The first-order valence-electron chi connectivity index (χ1n) is 7.10. The second-order valence-electron chi connectivity index (χ2n) is 5.19. The monoisotopic (exact) mass is 296 g/mol. The number of aryl methyl sites for hydroxylation is 1. The van der Waals surface area contributed by atoms with Gasteiger partial charge in [0.1, 0.15) is 0 Å². The van der Waals surface area contributed by atoms with Crippen molar-refractivity contribution in [2.24, 2.45) is 10.9 Å². The minimum atomic E-state index is 0.757. The van der Waals surface area contributed by atoms with Crippen LogP contribution < -0.4 is 5.32 Å². The lowest BCUT2D eigenvalue weighted by Gasteiger charge is -2.21. The van der Waals surface area contributed by atoms with Gasteiger partial charge in [0.25, 0.3) is 0 Å². The van der Waals surface area contributed by atoms with Crippen molar-refractivity contribution in [2.75, 3.05) is 33.9 Å². The van der Waals surface area contributed by atoms with E-state index in [1.807, 2.05) is 27.2 Å². The Balaban J connectivity index is 1.66. The Labute approximate surface area is 125 Å². The van der Waals surface area contributed by atoms with Crippen LogP contribution in [-0.4, -0.2) is 49.7 Å². The van der Waals surface area contributed by atoms with E-state index in [1.165, 1.54) is 17.7 Å². The van der Waals surface area contributed by atoms with Crippen molar-refractivity contribution in [1.82, 2.24) is 15.2 Å². The average Bonchev–Trinajstić information content (AvgIpc) is 3.17. The molecule has 6 heteroatoms. The molecule has 0 amide bonds. The summed E-state index contributed by atoms with van der Waals surface area (Å²) in [6.07, 6.45) is 4.60. The normalized spacial score (nSPS) is 15.4. The Bertz CT molecular complexity index is 442. The predicted molar refractivity (Wildman–Crippen MR) is 83.2 cm³/mol. The molecule has 0 saturated heterocycles. The van der Waals surface area contributed by atoms with Crippen molar-refractivity contribution in [3.05, 3.63) is 16.1 Å². The van der Waals surface area contributed by atoms with Crippen molar-refractivity contribution < 1.29 is 4.74 Å². The van der Waals surface area contributed by atoms with Crippen LogP contribution in [0.3, 0.4) is 0 Å². The maximum absolute atomic E-state index is 5.66. The third-order valence-corrected chi connectivity index (χ3v) is 4.20. The highest BCUT2D eigenvalue weighted by Crippen LogP contribution is 2.28. The van der Waals surface area contributed by atoms with E-state index in [1.54, 1.807) is 11.3 Å². The lowest BCUT2D eigenvalue weighted by atomic mass is 10.5. The molecule has 1 N–H and O–H groups in total. The summed E-state index contributed by atoms with van der Waals surface area (Å²) in [5.41, 5.74) is 0. The highest BCUT2D eigenvalue weighted by molar-refractivity contribution is 7.11. The number of ether oxygens (including phenoxy) is 1. The van der Waals surface area contributed by atoms with Crippen molar-refractivity contribution in [3.8, 4) is 0 Å². The summed E-state index contributed by atoms with van der Waals surface area (Å²) in [7, 11) is 3.84. The minimum absolute atomic E-state index is 0.757. The van der Waals surface area contributed by atoms with Crippen molar-refractivity contribution in [3.63, 3.8) is 0 Å². The van der Waals surface area contributed by atoms with Gasteiger partial charge in [-0.3, -0.25) is 4.99 Å². The van der Waals surface area contributed by atoms with E-state index in [0.717, 1.165) is 43.2 Å². The van der Waals surface area contributed by atoms with Gasteiger partial charge in [-0.2, -0.15) is 0 Å². The van der Waals surface area contributed by atoms with Gasteiger partial charge in [0.15, 0.2) is 5.96 Å². The first-order valence-corrected chi connectivity index (χ1v) is 7.91. The molecule has 1 aliphatic rings. The minimum Gasteiger partial charge on any atom is -0.379 e. The number of hydrogen-bond donors (Lipinski definition) is 1. The molecule has 0 aromatic carbocycles. The summed E-state index contributed by atoms with van der Waals surface area (Å²) in [6, 6.07) is 0. The molecule has 0 spiro atoms. The van der Waals surface area contributed by atoms with Crippen LogP contribution in [0.5, 0.6) is 0 Å². The molecule has 20 heavy (non-hydrogen) atoms. The molecule has 1 heterocycles. The largest absolute Gasteiger partial charge is 0.379 e. The number of aromatic nitrogens is 1. The average molecular weight is 296 g/mol. The molecule has 112 valence electrons. The predicted octanol–water partition coefficient (Wildman–Crippen LogP) is 1.89.